The lowest BCUT2D eigenvalue weighted by atomic mass is 9.94. The topological polar surface area (TPSA) is 24.5 Å². The van der Waals surface area contributed by atoms with E-state index in [1.165, 1.54) is 51.9 Å². The van der Waals surface area contributed by atoms with Crippen molar-refractivity contribution in [1.29, 1.82) is 0 Å². The van der Waals surface area contributed by atoms with Crippen LogP contribution in [0.1, 0.15) is 25.7 Å². The van der Waals surface area contributed by atoms with Crippen molar-refractivity contribution in [2.75, 3.05) is 45.9 Å². The van der Waals surface area contributed by atoms with Gasteiger partial charge in [-0.3, -0.25) is 0 Å². The van der Waals surface area contributed by atoms with Gasteiger partial charge < -0.3 is 15.0 Å². The number of nitrogens with zero attached hydrogens (tertiary/aromatic N) is 1. The van der Waals surface area contributed by atoms with Crippen molar-refractivity contribution >= 4 is 0 Å². The Bertz CT molecular complexity index is 161. The molecule has 0 bridgehead atoms. The zero-order chi connectivity index (χ0) is 10.3. The Hall–Kier alpha value is -0.120. The predicted octanol–water partition coefficient (Wildman–Crippen LogP) is 1.10. The minimum atomic E-state index is 0.937. The maximum absolute atomic E-state index is 5.46. The van der Waals surface area contributed by atoms with Gasteiger partial charge in [-0.2, -0.15) is 0 Å². The van der Waals surface area contributed by atoms with Gasteiger partial charge in [-0.25, -0.2) is 0 Å². The standard InChI is InChI=1S/C12H24N2O/c1-7-14(9-11-15-10-1)8-4-12-2-5-13-6-3-12/h12-13H,1-11H2. The summed E-state index contributed by atoms with van der Waals surface area (Å²) in [4.78, 5) is 2.58. The van der Waals surface area contributed by atoms with Gasteiger partial charge in [0.2, 0.25) is 0 Å². The van der Waals surface area contributed by atoms with E-state index in [1.54, 1.807) is 0 Å². The lowest BCUT2D eigenvalue weighted by molar-refractivity contribution is 0.139. The number of nitrogens with one attached hydrogen (secondary N) is 1. The van der Waals surface area contributed by atoms with Crippen LogP contribution in [0.2, 0.25) is 0 Å². The lowest BCUT2D eigenvalue weighted by Crippen LogP contribution is -2.32. The van der Waals surface area contributed by atoms with Gasteiger partial charge in [0.25, 0.3) is 0 Å². The zero-order valence-corrected chi connectivity index (χ0v) is 9.71. The third-order valence-corrected chi connectivity index (χ3v) is 3.63. The molecule has 2 rings (SSSR count). The first-order valence-electron chi connectivity index (χ1n) is 6.46. The Balaban J connectivity index is 1.62. The number of hydrogen-bond donors (Lipinski definition) is 1. The highest BCUT2D eigenvalue weighted by Crippen LogP contribution is 2.16. The molecule has 0 aromatic heterocycles. The number of ether oxygens (including phenoxy) is 1. The second-order valence-electron chi connectivity index (χ2n) is 4.79. The SMILES string of the molecule is C1COCCN(CCC2CCNCC2)C1. The Morgan fingerprint density at radius 3 is 2.87 bits per heavy atom. The van der Waals surface area contributed by atoms with E-state index in [0.717, 1.165) is 25.7 Å². The van der Waals surface area contributed by atoms with Crippen molar-refractivity contribution in [3.63, 3.8) is 0 Å². The minimum Gasteiger partial charge on any atom is -0.380 e. The summed E-state index contributed by atoms with van der Waals surface area (Å²) in [6.07, 6.45) is 5.36. The molecule has 1 N–H and O–H groups in total. The van der Waals surface area contributed by atoms with Crippen molar-refractivity contribution in [3.05, 3.63) is 0 Å². The molecule has 0 amide bonds. The van der Waals surface area contributed by atoms with E-state index in [2.05, 4.69) is 10.2 Å². The van der Waals surface area contributed by atoms with Crippen LogP contribution in [0.15, 0.2) is 0 Å². The fourth-order valence-electron chi connectivity index (χ4n) is 2.56. The molecule has 0 aromatic carbocycles. The Morgan fingerprint density at radius 1 is 1.13 bits per heavy atom. The van der Waals surface area contributed by atoms with Crippen LogP contribution in [0, 0.1) is 5.92 Å². The highest BCUT2D eigenvalue weighted by atomic mass is 16.5. The molecule has 2 heterocycles. The van der Waals surface area contributed by atoms with E-state index in [9.17, 15) is 0 Å². The van der Waals surface area contributed by atoms with Crippen molar-refractivity contribution in [2.45, 2.75) is 25.7 Å². The summed E-state index contributed by atoms with van der Waals surface area (Å²) in [5, 5.41) is 3.43. The molecular formula is C12H24N2O. The quantitative estimate of drug-likeness (QED) is 0.758. The molecule has 3 heteroatoms. The maximum Gasteiger partial charge on any atom is 0.0593 e. The first kappa shape index (κ1) is 11.4. The summed E-state index contributed by atoms with van der Waals surface area (Å²) in [5.41, 5.74) is 0. The number of rotatable bonds is 3. The second-order valence-corrected chi connectivity index (χ2v) is 4.79. The molecule has 2 saturated heterocycles. The molecule has 15 heavy (non-hydrogen) atoms. The van der Waals surface area contributed by atoms with E-state index in [4.69, 9.17) is 4.74 Å². The van der Waals surface area contributed by atoms with Crippen LogP contribution >= 0.6 is 0 Å². The predicted molar refractivity (Wildman–Crippen MR) is 62.1 cm³/mol. The first-order valence-corrected chi connectivity index (χ1v) is 6.46. The van der Waals surface area contributed by atoms with E-state index in [0.29, 0.717) is 0 Å². The average Bonchev–Trinajstić information content (AvgIpc) is 2.56. The summed E-state index contributed by atoms with van der Waals surface area (Å²) in [6.45, 7) is 8.03. The Kier molecular flexibility index (Phi) is 4.90. The minimum absolute atomic E-state index is 0.937. The number of hydrogen-bond acceptors (Lipinski definition) is 3. The maximum atomic E-state index is 5.46. The largest absolute Gasteiger partial charge is 0.380 e. The monoisotopic (exact) mass is 212 g/mol. The van der Waals surface area contributed by atoms with Crippen LogP contribution in [0.3, 0.4) is 0 Å². The summed E-state index contributed by atoms with van der Waals surface area (Å²) < 4.78 is 5.46. The fraction of sp³-hybridized carbons (Fsp3) is 1.00. The first-order chi connectivity index (χ1) is 7.45. The average molecular weight is 212 g/mol. The molecule has 0 aromatic rings. The Morgan fingerprint density at radius 2 is 2.00 bits per heavy atom. The molecule has 0 atom stereocenters. The van der Waals surface area contributed by atoms with Crippen LogP contribution in [-0.4, -0.2) is 50.8 Å². The lowest BCUT2D eigenvalue weighted by Gasteiger charge is -2.26. The highest BCUT2D eigenvalue weighted by Gasteiger charge is 2.15. The van der Waals surface area contributed by atoms with Gasteiger partial charge in [0.1, 0.15) is 0 Å². The van der Waals surface area contributed by atoms with Gasteiger partial charge >= 0.3 is 0 Å². The molecular weight excluding hydrogens is 188 g/mol. The smallest absolute Gasteiger partial charge is 0.0593 e. The molecule has 3 nitrogen and oxygen atoms in total. The molecule has 2 aliphatic rings. The Labute approximate surface area is 93.2 Å². The third kappa shape index (κ3) is 4.09. The summed E-state index contributed by atoms with van der Waals surface area (Å²) in [5.74, 6) is 0.968. The van der Waals surface area contributed by atoms with Crippen molar-refractivity contribution in [1.82, 2.24) is 10.2 Å². The molecule has 0 saturated carbocycles. The molecule has 0 unspecified atom stereocenters. The van der Waals surface area contributed by atoms with E-state index in [-0.39, 0.29) is 0 Å². The second kappa shape index (κ2) is 6.46. The molecule has 88 valence electrons. The van der Waals surface area contributed by atoms with E-state index in [1.807, 2.05) is 0 Å². The molecule has 0 aliphatic carbocycles. The fourth-order valence-corrected chi connectivity index (χ4v) is 2.56. The van der Waals surface area contributed by atoms with Crippen LogP contribution in [0.4, 0.5) is 0 Å². The van der Waals surface area contributed by atoms with Crippen LogP contribution in [0.5, 0.6) is 0 Å². The van der Waals surface area contributed by atoms with Gasteiger partial charge in [0.15, 0.2) is 0 Å². The van der Waals surface area contributed by atoms with Gasteiger partial charge in [-0.05, 0) is 51.2 Å². The van der Waals surface area contributed by atoms with Crippen LogP contribution in [0.25, 0.3) is 0 Å². The van der Waals surface area contributed by atoms with Crippen LogP contribution in [-0.2, 0) is 4.74 Å². The van der Waals surface area contributed by atoms with Crippen molar-refractivity contribution in [3.8, 4) is 0 Å². The highest BCUT2D eigenvalue weighted by molar-refractivity contribution is 4.71. The van der Waals surface area contributed by atoms with E-state index < -0.39 is 0 Å². The van der Waals surface area contributed by atoms with E-state index >= 15 is 0 Å². The van der Waals surface area contributed by atoms with Gasteiger partial charge in [0, 0.05) is 19.7 Å². The number of piperidine rings is 1. The van der Waals surface area contributed by atoms with Gasteiger partial charge in [0.05, 0.1) is 6.61 Å². The van der Waals surface area contributed by atoms with Crippen molar-refractivity contribution < 1.29 is 4.74 Å². The summed E-state index contributed by atoms with van der Waals surface area (Å²) >= 11 is 0. The zero-order valence-electron chi connectivity index (χ0n) is 9.71. The van der Waals surface area contributed by atoms with Crippen molar-refractivity contribution in [2.24, 2.45) is 5.92 Å². The molecule has 0 spiro atoms. The molecule has 0 radical (unpaired) electrons. The molecule has 2 aliphatic heterocycles. The summed E-state index contributed by atoms with van der Waals surface area (Å²) in [6, 6.07) is 0. The molecule has 2 fully saturated rings. The normalized spacial score (nSPS) is 26.4. The van der Waals surface area contributed by atoms with Crippen LogP contribution < -0.4 is 5.32 Å². The van der Waals surface area contributed by atoms with Gasteiger partial charge in [-0.1, -0.05) is 0 Å². The summed E-state index contributed by atoms with van der Waals surface area (Å²) in [7, 11) is 0. The van der Waals surface area contributed by atoms with Gasteiger partial charge in [-0.15, -0.1) is 0 Å². The third-order valence-electron chi connectivity index (χ3n) is 3.63.